The predicted octanol–water partition coefficient (Wildman–Crippen LogP) is 2.22. The molecule has 1 heterocycles. The Morgan fingerprint density at radius 3 is 2.68 bits per heavy atom. The maximum Gasteiger partial charge on any atom is 0.243 e. The first-order chi connectivity index (χ1) is 8.89. The minimum atomic E-state index is -3.64. The van der Waals surface area contributed by atoms with E-state index in [-0.39, 0.29) is 10.6 Å². The Bertz CT molecular complexity index is 540. The number of nitrogens with two attached hydrogens (primary N) is 1. The maximum atomic E-state index is 13.3. The van der Waals surface area contributed by atoms with Crippen LogP contribution in [0.25, 0.3) is 0 Å². The highest BCUT2D eigenvalue weighted by Gasteiger charge is 2.27. The molecule has 0 amide bonds. The second kappa shape index (κ2) is 5.46. The van der Waals surface area contributed by atoms with Gasteiger partial charge in [0.25, 0.3) is 0 Å². The number of benzene rings is 1. The molecule has 0 bridgehead atoms. The number of hydrogen-bond acceptors (Lipinski definition) is 3. The first-order valence-electron chi connectivity index (χ1n) is 6.46. The standard InChI is InChI=1S/C13H19FN2O2S/c1-10-3-2-5-16(6-4-10)19(17,18)13-8-11(14)7-12(15)9-13/h7-10H,2-6,15H2,1H3. The van der Waals surface area contributed by atoms with Crippen molar-refractivity contribution >= 4 is 15.7 Å². The molecule has 1 aromatic rings. The molecule has 106 valence electrons. The van der Waals surface area contributed by atoms with Crippen LogP contribution in [0.5, 0.6) is 0 Å². The van der Waals surface area contributed by atoms with E-state index < -0.39 is 15.8 Å². The topological polar surface area (TPSA) is 63.4 Å². The van der Waals surface area contributed by atoms with E-state index in [1.165, 1.54) is 10.4 Å². The van der Waals surface area contributed by atoms with Gasteiger partial charge in [0, 0.05) is 18.8 Å². The number of sulfonamides is 1. The maximum absolute atomic E-state index is 13.3. The second-order valence-corrected chi connectivity index (χ2v) is 7.10. The lowest BCUT2D eigenvalue weighted by Crippen LogP contribution is -2.32. The van der Waals surface area contributed by atoms with Gasteiger partial charge in [-0.2, -0.15) is 4.31 Å². The van der Waals surface area contributed by atoms with Gasteiger partial charge in [-0.15, -0.1) is 0 Å². The van der Waals surface area contributed by atoms with Crippen molar-refractivity contribution in [2.45, 2.75) is 31.1 Å². The minimum Gasteiger partial charge on any atom is -0.399 e. The molecule has 0 spiro atoms. The van der Waals surface area contributed by atoms with E-state index in [0.717, 1.165) is 31.4 Å². The fourth-order valence-corrected chi connectivity index (χ4v) is 3.92. The van der Waals surface area contributed by atoms with Gasteiger partial charge in [0.2, 0.25) is 10.0 Å². The van der Waals surface area contributed by atoms with Crippen LogP contribution in [-0.4, -0.2) is 25.8 Å². The normalized spacial score (nSPS) is 22.1. The van der Waals surface area contributed by atoms with Crippen LogP contribution < -0.4 is 5.73 Å². The quantitative estimate of drug-likeness (QED) is 0.848. The van der Waals surface area contributed by atoms with Crippen LogP contribution in [-0.2, 0) is 10.0 Å². The molecule has 1 aliphatic rings. The lowest BCUT2D eigenvalue weighted by molar-refractivity contribution is 0.416. The zero-order valence-corrected chi connectivity index (χ0v) is 11.8. The molecule has 6 heteroatoms. The van der Waals surface area contributed by atoms with Gasteiger partial charge in [-0.25, -0.2) is 12.8 Å². The molecular formula is C13H19FN2O2S. The second-order valence-electron chi connectivity index (χ2n) is 5.16. The van der Waals surface area contributed by atoms with Crippen LogP contribution >= 0.6 is 0 Å². The molecule has 1 atom stereocenters. The molecule has 1 unspecified atom stereocenters. The van der Waals surface area contributed by atoms with E-state index in [2.05, 4.69) is 6.92 Å². The smallest absolute Gasteiger partial charge is 0.243 e. The summed E-state index contributed by atoms with van der Waals surface area (Å²) in [6, 6.07) is 3.45. The van der Waals surface area contributed by atoms with Crippen molar-refractivity contribution in [2.24, 2.45) is 5.92 Å². The van der Waals surface area contributed by atoms with Crippen molar-refractivity contribution in [1.29, 1.82) is 0 Å². The van der Waals surface area contributed by atoms with Crippen molar-refractivity contribution in [2.75, 3.05) is 18.8 Å². The zero-order valence-electron chi connectivity index (χ0n) is 11.0. The molecule has 0 aromatic heterocycles. The van der Waals surface area contributed by atoms with Gasteiger partial charge in [-0.3, -0.25) is 0 Å². The Morgan fingerprint density at radius 2 is 2.00 bits per heavy atom. The molecule has 19 heavy (non-hydrogen) atoms. The Hall–Kier alpha value is -1.14. The number of hydrogen-bond donors (Lipinski definition) is 1. The summed E-state index contributed by atoms with van der Waals surface area (Å²) in [7, 11) is -3.64. The summed E-state index contributed by atoms with van der Waals surface area (Å²) < 4.78 is 39.6. The Balaban J connectivity index is 2.30. The first kappa shape index (κ1) is 14.3. The summed E-state index contributed by atoms with van der Waals surface area (Å²) in [4.78, 5) is -0.0560. The Kier molecular flexibility index (Phi) is 4.10. The van der Waals surface area contributed by atoms with Gasteiger partial charge in [-0.1, -0.05) is 6.92 Å². The zero-order chi connectivity index (χ0) is 14.0. The highest BCUT2D eigenvalue weighted by Crippen LogP contribution is 2.24. The number of nitrogen functional groups attached to an aromatic ring is 1. The van der Waals surface area contributed by atoms with Crippen molar-refractivity contribution in [1.82, 2.24) is 4.31 Å². The van der Waals surface area contributed by atoms with Crippen molar-refractivity contribution in [3.8, 4) is 0 Å². The average molecular weight is 286 g/mol. The van der Waals surface area contributed by atoms with Crippen molar-refractivity contribution in [3.05, 3.63) is 24.0 Å². The minimum absolute atomic E-state index is 0.0560. The summed E-state index contributed by atoms with van der Waals surface area (Å²) in [6.07, 6.45) is 2.70. The summed E-state index contributed by atoms with van der Waals surface area (Å²) in [5.41, 5.74) is 5.64. The largest absolute Gasteiger partial charge is 0.399 e. The van der Waals surface area contributed by atoms with Gasteiger partial charge in [-0.05, 0) is 43.4 Å². The first-order valence-corrected chi connectivity index (χ1v) is 7.90. The van der Waals surface area contributed by atoms with Crippen molar-refractivity contribution < 1.29 is 12.8 Å². The summed E-state index contributed by atoms with van der Waals surface area (Å²) >= 11 is 0. The molecule has 1 aromatic carbocycles. The van der Waals surface area contributed by atoms with Crippen LogP contribution in [0.1, 0.15) is 26.2 Å². The lowest BCUT2D eigenvalue weighted by atomic mass is 10.0. The monoisotopic (exact) mass is 286 g/mol. The molecule has 0 aliphatic carbocycles. The molecule has 2 rings (SSSR count). The van der Waals surface area contributed by atoms with Gasteiger partial charge in [0.05, 0.1) is 4.90 Å². The third kappa shape index (κ3) is 3.25. The third-order valence-electron chi connectivity index (χ3n) is 3.51. The van der Waals surface area contributed by atoms with Gasteiger partial charge >= 0.3 is 0 Å². The van der Waals surface area contributed by atoms with Crippen molar-refractivity contribution in [3.63, 3.8) is 0 Å². The van der Waals surface area contributed by atoms with Crippen LogP contribution in [0, 0.1) is 11.7 Å². The lowest BCUT2D eigenvalue weighted by Gasteiger charge is -2.20. The summed E-state index contributed by atoms with van der Waals surface area (Å²) in [5.74, 6) is -0.0976. The van der Waals surface area contributed by atoms with Crippen LogP contribution in [0.15, 0.2) is 23.1 Å². The number of halogens is 1. The molecular weight excluding hydrogens is 267 g/mol. The molecule has 4 nitrogen and oxygen atoms in total. The average Bonchev–Trinajstić information content (AvgIpc) is 2.53. The molecule has 0 saturated carbocycles. The highest BCUT2D eigenvalue weighted by atomic mass is 32.2. The van der Waals surface area contributed by atoms with E-state index in [1.807, 2.05) is 0 Å². The van der Waals surface area contributed by atoms with Gasteiger partial charge < -0.3 is 5.73 Å². The number of rotatable bonds is 2. The van der Waals surface area contributed by atoms with E-state index in [1.54, 1.807) is 0 Å². The SMILES string of the molecule is CC1CCCN(S(=O)(=O)c2cc(N)cc(F)c2)CC1. The molecule has 0 radical (unpaired) electrons. The van der Waals surface area contributed by atoms with Crippen LogP contribution in [0.3, 0.4) is 0 Å². The molecule has 2 N–H and O–H groups in total. The van der Waals surface area contributed by atoms with Gasteiger partial charge in [0.15, 0.2) is 0 Å². The highest BCUT2D eigenvalue weighted by molar-refractivity contribution is 7.89. The van der Waals surface area contributed by atoms with E-state index >= 15 is 0 Å². The fraction of sp³-hybridized carbons (Fsp3) is 0.538. The van der Waals surface area contributed by atoms with Gasteiger partial charge in [0.1, 0.15) is 5.82 Å². The van der Waals surface area contributed by atoms with E-state index in [4.69, 9.17) is 5.73 Å². The number of nitrogens with zero attached hydrogens (tertiary/aromatic N) is 1. The molecule has 1 aliphatic heterocycles. The Labute approximate surface area is 113 Å². The van der Waals surface area contributed by atoms with E-state index in [0.29, 0.717) is 19.0 Å². The molecule has 1 saturated heterocycles. The predicted molar refractivity (Wildman–Crippen MR) is 72.6 cm³/mol. The third-order valence-corrected chi connectivity index (χ3v) is 5.38. The summed E-state index contributed by atoms with van der Waals surface area (Å²) in [6.45, 7) is 3.10. The summed E-state index contributed by atoms with van der Waals surface area (Å²) in [5, 5.41) is 0. The van der Waals surface area contributed by atoms with Crippen LogP contribution in [0.2, 0.25) is 0 Å². The van der Waals surface area contributed by atoms with Crippen LogP contribution in [0.4, 0.5) is 10.1 Å². The number of anilines is 1. The Morgan fingerprint density at radius 1 is 1.26 bits per heavy atom. The molecule has 1 fully saturated rings. The van der Waals surface area contributed by atoms with E-state index in [9.17, 15) is 12.8 Å². The fourth-order valence-electron chi connectivity index (χ4n) is 2.36.